The minimum Gasteiger partial charge on any atom is -0.481 e. The van der Waals surface area contributed by atoms with Crippen LogP contribution in [0, 0.1) is 5.92 Å². The molecule has 0 radical (unpaired) electrons. The largest absolute Gasteiger partial charge is 0.481 e. The summed E-state index contributed by atoms with van der Waals surface area (Å²) in [5.41, 5.74) is 0.588. The number of carboxylic acids is 1. The fraction of sp³-hybridized carbons (Fsp3) is 0.562. The van der Waals surface area contributed by atoms with Crippen molar-refractivity contribution in [2.45, 2.75) is 26.2 Å². The second-order valence-electron chi connectivity index (χ2n) is 5.95. The lowest BCUT2D eigenvalue weighted by Crippen LogP contribution is -2.38. The zero-order valence-corrected chi connectivity index (χ0v) is 13.2. The van der Waals surface area contributed by atoms with Crippen molar-refractivity contribution in [3.8, 4) is 0 Å². The van der Waals surface area contributed by atoms with E-state index in [1.165, 1.54) is 0 Å². The van der Waals surface area contributed by atoms with E-state index in [0.717, 1.165) is 25.9 Å². The molecule has 22 heavy (non-hydrogen) atoms. The number of carboxylic acid groups (broad SMARTS) is 1. The van der Waals surface area contributed by atoms with E-state index in [1.54, 1.807) is 30.3 Å². The Morgan fingerprint density at radius 1 is 1.36 bits per heavy atom. The number of rotatable bonds is 5. The van der Waals surface area contributed by atoms with Crippen molar-refractivity contribution in [1.29, 1.82) is 0 Å². The van der Waals surface area contributed by atoms with Gasteiger partial charge in [-0.3, -0.25) is 9.59 Å². The molecule has 1 aromatic rings. The molecule has 6 nitrogen and oxygen atoms in total. The van der Waals surface area contributed by atoms with Crippen molar-refractivity contribution < 1.29 is 14.7 Å². The lowest BCUT2D eigenvalue weighted by atomic mass is 9.99. The fourth-order valence-electron chi connectivity index (χ4n) is 2.51. The maximum atomic E-state index is 12.4. The van der Waals surface area contributed by atoms with E-state index in [4.69, 9.17) is 5.11 Å². The van der Waals surface area contributed by atoms with Crippen LogP contribution in [0.5, 0.6) is 0 Å². The van der Waals surface area contributed by atoms with Crippen LogP contribution in [0.4, 0.5) is 5.82 Å². The molecular formula is C16H23N3O3. The monoisotopic (exact) mass is 305 g/mol. The molecule has 2 rings (SSSR count). The molecule has 1 fully saturated rings. The predicted molar refractivity (Wildman–Crippen MR) is 84.1 cm³/mol. The van der Waals surface area contributed by atoms with Crippen LogP contribution in [-0.4, -0.2) is 53.5 Å². The SMILES string of the molecule is CC1CCN(C(=O)c2ccc(N(C)CCC(=O)O)nc2)CC1. The van der Waals surface area contributed by atoms with E-state index < -0.39 is 5.97 Å². The molecule has 1 N–H and O–H groups in total. The molecule has 0 bridgehead atoms. The van der Waals surface area contributed by atoms with Crippen molar-refractivity contribution in [3.63, 3.8) is 0 Å². The van der Waals surface area contributed by atoms with Crippen LogP contribution in [0.3, 0.4) is 0 Å². The van der Waals surface area contributed by atoms with Crippen molar-refractivity contribution in [1.82, 2.24) is 9.88 Å². The zero-order chi connectivity index (χ0) is 16.1. The summed E-state index contributed by atoms with van der Waals surface area (Å²) in [6.45, 7) is 4.21. The van der Waals surface area contributed by atoms with Gasteiger partial charge in [0.2, 0.25) is 0 Å². The number of pyridine rings is 1. The van der Waals surface area contributed by atoms with Crippen LogP contribution in [0.2, 0.25) is 0 Å². The molecule has 0 spiro atoms. The number of likely N-dealkylation sites (tertiary alicyclic amines) is 1. The third-order valence-corrected chi connectivity index (χ3v) is 4.12. The first-order chi connectivity index (χ1) is 10.5. The number of piperidine rings is 1. The van der Waals surface area contributed by atoms with Crippen LogP contribution in [0.25, 0.3) is 0 Å². The Bertz CT molecular complexity index is 522. The number of anilines is 1. The summed E-state index contributed by atoms with van der Waals surface area (Å²) in [7, 11) is 1.79. The van der Waals surface area contributed by atoms with E-state index >= 15 is 0 Å². The Balaban J connectivity index is 1.96. The van der Waals surface area contributed by atoms with Gasteiger partial charge in [0.1, 0.15) is 5.82 Å². The molecule has 0 aromatic carbocycles. The van der Waals surface area contributed by atoms with Gasteiger partial charge in [0, 0.05) is 32.9 Å². The Labute approximate surface area is 130 Å². The second kappa shape index (κ2) is 7.24. The van der Waals surface area contributed by atoms with Crippen molar-refractivity contribution in [2.24, 2.45) is 5.92 Å². The van der Waals surface area contributed by atoms with Gasteiger partial charge < -0.3 is 14.9 Å². The van der Waals surface area contributed by atoms with Crippen LogP contribution >= 0.6 is 0 Å². The van der Waals surface area contributed by atoms with Crippen LogP contribution in [0.15, 0.2) is 18.3 Å². The highest BCUT2D eigenvalue weighted by Gasteiger charge is 2.21. The molecule has 1 aromatic heterocycles. The van der Waals surface area contributed by atoms with Crippen molar-refractivity contribution in [3.05, 3.63) is 23.9 Å². The van der Waals surface area contributed by atoms with E-state index in [2.05, 4.69) is 11.9 Å². The Hall–Kier alpha value is -2.11. The molecule has 1 aliphatic rings. The maximum absolute atomic E-state index is 12.4. The summed E-state index contributed by atoms with van der Waals surface area (Å²) in [5.74, 6) is 0.551. The minimum absolute atomic E-state index is 0.0270. The summed E-state index contributed by atoms with van der Waals surface area (Å²) in [4.78, 5) is 30.9. The molecule has 1 amide bonds. The first-order valence-electron chi connectivity index (χ1n) is 7.65. The smallest absolute Gasteiger partial charge is 0.305 e. The minimum atomic E-state index is -0.835. The van der Waals surface area contributed by atoms with Crippen LogP contribution in [-0.2, 0) is 4.79 Å². The topological polar surface area (TPSA) is 73.7 Å². The van der Waals surface area contributed by atoms with Gasteiger partial charge in [0.15, 0.2) is 0 Å². The Morgan fingerprint density at radius 3 is 2.59 bits per heavy atom. The number of aromatic nitrogens is 1. The lowest BCUT2D eigenvalue weighted by molar-refractivity contribution is -0.136. The standard InChI is InChI=1S/C16H23N3O3/c1-12-5-9-19(10-6-12)16(22)13-3-4-14(17-11-13)18(2)8-7-15(20)21/h3-4,11-12H,5-10H2,1-2H3,(H,20,21). The molecule has 0 saturated carbocycles. The van der Waals surface area contributed by atoms with Crippen LogP contribution < -0.4 is 4.90 Å². The van der Waals surface area contributed by atoms with E-state index in [9.17, 15) is 9.59 Å². The fourth-order valence-corrected chi connectivity index (χ4v) is 2.51. The van der Waals surface area contributed by atoms with Gasteiger partial charge >= 0.3 is 5.97 Å². The average molecular weight is 305 g/mol. The van der Waals surface area contributed by atoms with E-state index in [0.29, 0.717) is 23.8 Å². The summed E-state index contributed by atoms with van der Waals surface area (Å²) >= 11 is 0. The highest BCUT2D eigenvalue weighted by Crippen LogP contribution is 2.18. The number of hydrogen-bond donors (Lipinski definition) is 1. The Morgan fingerprint density at radius 2 is 2.05 bits per heavy atom. The van der Waals surface area contributed by atoms with Gasteiger partial charge in [0.05, 0.1) is 12.0 Å². The maximum Gasteiger partial charge on any atom is 0.305 e. The summed E-state index contributed by atoms with van der Waals surface area (Å²) in [5, 5.41) is 8.69. The normalized spacial score (nSPS) is 15.6. The van der Waals surface area contributed by atoms with Crippen molar-refractivity contribution >= 4 is 17.7 Å². The molecule has 0 unspecified atom stereocenters. The molecule has 120 valence electrons. The quantitative estimate of drug-likeness (QED) is 0.899. The highest BCUT2D eigenvalue weighted by atomic mass is 16.4. The zero-order valence-electron chi connectivity index (χ0n) is 13.2. The van der Waals surface area contributed by atoms with Gasteiger partial charge in [-0.15, -0.1) is 0 Å². The van der Waals surface area contributed by atoms with Crippen molar-refractivity contribution in [2.75, 3.05) is 31.6 Å². The second-order valence-corrected chi connectivity index (χ2v) is 5.95. The number of amides is 1. The number of carbonyl (C=O) groups is 2. The van der Waals surface area contributed by atoms with E-state index in [-0.39, 0.29) is 12.3 Å². The number of nitrogens with zero attached hydrogens (tertiary/aromatic N) is 3. The predicted octanol–water partition coefficient (Wildman–Crippen LogP) is 1.86. The van der Waals surface area contributed by atoms with E-state index in [1.807, 2.05) is 4.90 Å². The molecule has 0 aliphatic carbocycles. The summed E-state index contributed by atoms with van der Waals surface area (Å²) in [6, 6.07) is 3.53. The van der Waals surface area contributed by atoms with Gasteiger partial charge in [0.25, 0.3) is 5.91 Å². The molecule has 2 heterocycles. The molecule has 6 heteroatoms. The third-order valence-electron chi connectivity index (χ3n) is 4.12. The summed E-state index contributed by atoms with van der Waals surface area (Å²) in [6.07, 6.45) is 3.74. The first-order valence-corrected chi connectivity index (χ1v) is 7.65. The lowest BCUT2D eigenvalue weighted by Gasteiger charge is -2.30. The van der Waals surface area contributed by atoms with Gasteiger partial charge in [-0.05, 0) is 30.9 Å². The van der Waals surface area contributed by atoms with Gasteiger partial charge in [-0.2, -0.15) is 0 Å². The van der Waals surface area contributed by atoms with Gasteiger partial charge in [-0.1, -0.05) is 6.92 Å². The third kappa shape index (κ3) is 4.19. The Kier molecular flexibility index (Phi) is 5.35. The molecule has 1 saturated heterocycles. The average Bonchev–Trinajstić information content (AvgIpc) is 2.53. The number of hydrogen-bond acceptors (Lipinski definition) is 4. The number of carbonyl (C=O) groups excluding carboxylic acids is 1. The first kappa shape index (κ1) is 16.3. The van der Waals surface area contributed by atoms with Gasteiger partial charge in [-0.25, -0.2) is 4.98 Å². The molecular weight excluding hydrogens is 282 g/mol. The molecule has 1 aliphatic heterocycles. The number of aliphatic carboxylic acids is 1. The van der Waals surface area contributed by atoms with Crippen LogP contribution in [0.1, 0.15) is 36.5 Å². The summed E-state index contributed by atoms with van der Waals surface area (Å²) < 4.78 is 0. The molecule has 0 atom stereocenters. The highest BCUT2D eigenvalue weighted by molar-refractivity contribution is 5.94.